The average Bonchev–Trinajstić information content (AvgIpc) is 2.47. The highest BCUT2D eigenvalue weighted by Crippen LogP contribution is 2.42. The molecule has 2 rings (SSSR count). The van der Waals surface area contributed by atoms with Crippen molar-refractivity contribution >= 4 is 11.7 Å². The van der Waals surface area contributed by atoms with Crippen LogP contribution in [0.2, 0.25) is 0 Å². The number of ether oxygens (including phenoxy) is 1. The van der Waals surface area contributed by atoms with Gasteiger partial charge in [-0.2, -0.15) is 13.2 Å². The van der Waals surface area contributed by atoms with Gasteiger partial charge in [-0.1, -0.05) is 0 Å². The van der Waals surface area contributed by atoms with Gasteiger partial charge in [0.2, 0.25) is 0 Å². The zero-order chi connectivity index (χ0) is 18.3. The summed E-state index contributed by atoms with van der Waals surface area (Å²) >= 11 is 0. The van der Waals surface area contributed by atoms with E-state index in [2.05, 4.69) is 4.99 Å². The molecule has 6 nitrogen and oxygen atoms in total. The second kappa shape index (κ2) is 5.83. The summed E-state index contributed by atoms with van der Waals surface area (Å²) in [7, 11) is 0. The molecule has 2 N–H and O–H groups in total. The number of nitrogens with zero attached hydrogens (tertiary/aromatic N) is 2. The lowest BCUT2D eigenvalue weighted by atomic mass is 9.86. The van der Waals surface area contributed by atoms with Crippen LogP contribution in [0.5, 0.6) is 0 Å². The third-order valence-electron chi connectivity index (χ3n) is 3.41. The van der Waals surface area contributed by atoms with E-state index in [1.807, 2.05) is 0 Å². The summed E-state index contributed by atoms with van der Waals surface area (Å²) in [5, 5.41) is 10.7. The Labute approximate surface area is 130 Å². The molecule has 1 heterocycles. The summed E-state index contributed by atoms with van der Waals surface area (Å²) in [6.07, 6.45) is -6.21. The van der Waals surface area contributed by atoms with E-state index in [0.717, 1.165) is 0 Å². The number of non-ortho nitro benzene ring substituents is 1. The number of hydrogen-bond acceptors (Lipinski definition) is 5. The van der Waals surface area contributed by atoms with Crippen molar-refractivity contribution in [3.63, 3.8) is 0 Å². The topological polar surface area (TPSA) is 90.8 Å². The molecule has 0 spiro atoms. The van der Waals surface area contributed by atoms with Crippen LogP contribution < -0.4 is 5.73 Å². The van der Waals surface area contributed by atoms with Crippen molar-refractivity contribution < 1.29 is 36.0 Å². The highest BCUT2D eigenvalue weighted by atomic mass is 19.4. The fourth-order valence-corrected chi connectivity index (χ4v) is 2.30. The molecule has 1 aliphatic rings. The van der Waals surface area contributed by atoms with E-state index >= 15 is 0 Å². The predicted molar refractivity (Wildman–Crippen MR) is 67.8 cm³/mol. The second-order valence-corrected chi connectivity index (χ2v) is 5.01. The number of nitro benzene ring substituents is 1. The van der Waals surface area contributed by atoms with E-state index in [-0.39, 0.29) is 6.07 Å². The van der Waals surface area contributed by atoms with Gasteiger partial charge in [0.15, 0.2) is 23.3 Å². The Kier molecular flexibility index (Phi) is 4.33. The molecular weight excluding hydrogens is 348 g/mol. The Morgan fingerprint density at radius 1 is 1.42 bits per heavy atom. The van der Waals surface area contributed by atoms with Crippen LogP contribution in [-0.4, -0.2) is 29.8 Å². The lowest BCUT2D eigenvalue weighted by Gasteiger charge is -2.37. The summed E-state index contributed by atoms with van der Waals surface area (Å²) in [6.45, 7) is -1.74. The lowest BCUT2D eigenvalue weighted by Crippen LogP contribution is -2.49. The van der Waals surface area contributed by atoms with Gasteiger partial charge in [-0.3, -0.25) is 10.1 Å². The van der Waals surface area contributed by atoms with Gasteiger partial charge in [0.1, 0.15) is 6.67 Å². The maximum atomic E-state index is 14.0. The smallest absolute Gasteiger partial charge is 0.411 e. The molecule has 0 unspecified atom stereocenters. The molecule has 0 saturated heterocycles. The van der Waals surface area contributed by atoms with Crippen LogP contribution in [0, 0.1) is 21.7 Å². The summed E-state index contributed by atoms with van der Waals surface area (Å²) < 4.78 is 84.5. The van der Waals surface area contributed by atoms with Crippen LogP contribution in [0.1, 0.15) is 12.0 Å². The lowest BCUT2D eigenvalue weighted by molar-refractivity contribution is -0.385. The number of aliphatic imine (C=N–C) groups is 1. The molecule has 1 aliphatic heterocycles. The number of amidine groups is 1. The van der Waals surface area contributed by atoms with E-state index in [1.54, 1.807) is 0 Å². The maximum absolute atomic E-state index is 14.0. The van der Waals surface area contributed by atoms with E-state index in [4.69, 9.17) is 10.5 Å². The largest absolute Gasteiger partial charge is 0.451 e. The Balaban J connectivity index is 2.63. The molecule has 0 bridgehead atoms. The Bertz CT molecular complexity index is 708. The van der Waals surface area contributed by atoms with Gasteiger partial charge in [-0.25, -0.2) is 18.2 Å². The average molecular weight is 357 g/mol. The van der Waals surface area contributed by atoms with Crippen molar-refractivity contribution in [2.24, 2.45) is 10.7 Å². The van der Waals surface area contributed by atoms with Crippen LogP contribution in [0.15, 0.2) is 17.1 Å². The number of hydrogen-bond donors (Lipinski definition) is 1. The number of nitro groups is 1. The molecular formula is C12H9F6N3O3. The molecule has 1 aromatic rings. The third kappa shape index (κ3) is 3.08. The summed E-state index contributed by atoms with van der Waals surface area (Å²) in [6, 6.07) is -3.01. The van der Waals surface area contributed by atoms with Crippen LogP contribution in [0.3, 0.4) is 0 Å². The van der Waals surface area contributed by atoms with Gasteiger partial charge in [-0.05, 0) is 0 Å². The van der Waals surface area contributed by atoms with E-state index in [9.17, 15) is 36.5 Å². The van der Waals surface area contributed by atoms with Crippen molar-refractivity contribution in [3.8, 4) is 0 Å². The summed E-state index contributed by atoms with van der Waals surface area (Å²) in [4.78, 5) is 12.6. The van der Waals surface area contributed by atoms with Crippen molar-refractivity contribution in [2.75, 3.05) is 6.67 Å². The molecule has 0 saturated carbocycles. The van der Waals surface area contributed by atoms with Gasteiger partial charge >= 0.3 is 6.18 Å². The molecule has 2 atom stereocenters. The standard InChI is InChI=1S/C12H9F6N3O3/c13-4-11(3-8(12(16,17)18)20-10(19)24-11)6-1-5(21(22)23)2-7(14)9(6)15/h1-2,8H,3-4H2,(H2,19,20)/t8-,11+/m0/s1. The minimum Gasteiger partial charge on any atom is -0.451 e. The summed E-state index contributed by atoms with van der Waals surface area (Å²) in [5.41, 5.74) is 0.355. The van der Waals surface area contributed by atoms with Gasteiger partial charge in [0, 0.05) is 18.1 Å². The van der Waals surface area contributed by atoms with Crippen molar-refractivity contribution in [1.29, 1.82) is 0 Å². The fraction of sp³-hybridized carbons (Fsp3) is 0.417. The second-order valence-electron chi connectivity index (χ2n) is 5.01. The predicted octanol–water partition coefficient (Wildman–Crippen LogP) is 2.70. The number of nitrogens with two attached hydrogens (primary N) is 1. The van der Waals surface area contributed by atoms with Gasteiger partial charge in [-0.15, -0.1) is 0 Å². The molecule has 0 aromatic heterocycles. The summed E-state index contributed by atoms with van der Waals surface area (Å²) in [5.74, 6) is -3.51. The number of rotatable bonds is 3. The van der Waals surface area contributed by atoms with Gasteiger partial charge < -0.3 is 10.5 Å². The number of halogens is 6. The van der Waals surface area contributed by atoms with Crippen molar-refractivity contribution in [1.82, 2.24) is 0 Å². The maximum Gasteiger partial charge on any atom is 0.411 e. The zero-order valence-corrected chi connectivity index (χ0v) is 11.6. The Morgan fingerprint density at radius 2 is 2.04 bits per heavy atom. The molecule has 12 heteroatoms. The number of benzene rings is 1. The highest BCUT2D eigenvalue weighted by molar-refractivity contribution is 5.73. The minimum absolute atomic E-state index is 0.215. The van der Waals surface area contributed by atoms with E-state index < -0.39 is 64.7 Å². The van der Waals surface area contributed by atoms with Crippen LogP contribution in [0.4, 0.5) is 32.0 Å². The number of alkyl halides is 4. The zero-order valence-electron chi connectivity index (χ0n) is 11.6. The van der Waals surface area contributed by atoms with E-state index in [1.165, 1.54) is 0 Å². The van der Waals surface area contributed by atoms with Gasteiger partial charge in [0.25, 0.3) is 11.7 Å². The fourth-order valence-electron chi connectivity index (χ4n) is 2.30. The molecule has 0 aliphatic carbocycles. The van der Waals surface area contributed by atoms with Crippen LogP contribution >= 0.6 is 0 Å². The molecule has 0 amide bonds. The van der Waals surface area contributed by atoms with Crippen LogP contribution in [-0.2, 0) is 10.3 Å². The monoisotopic (exact) mass is 357 g/mol. The Morgan fingerprint density at radius 3 is 2.54 bits per heavy atom. The first-order valence-electron chi connectivity index (χ1n) is 6.29. The first-order chi connectivity index (χ1) is 11.0. The Hall–Kier alpha value is -2.53. The normalized spacial score (nSPS) is 24.2. The highest BCUT2D eigenvalue weighted by Gasteiger charge is 2.52. The molecule has 0 fully saturated rings. The van der Waals surface area contributed by atoms with Crippen molar-refractivity contribution in [2.45, 2.75) is 24.2 Å². The first-order valence-corrected chi connectivity index (χ1v) is 6.29. The van der Waals surface area contributed by atoms with E-state index in [0.29, 0.717) is 6.07 Å². The SMILES string of the molecule is NC1=N[C@H](C(F)(F)F)C[C@@](CF)(c2cc([N+](=O)[O-])cc(F)c2F)O1. The third-order valence-corrected chi connectivity index (χ3v) is 3.41. The minimum atomic E-state index is -4.95. The molecule has 0 radical (unpaired) electrons. The first kappa shape index (κ1) is 17.8. The molecule has 132 valence electrons. The van der Waals surface area contributed by atoms with Crippen molar-refractivity contribution in [3.05, 3.63) is 39.4 Å². The quantitative estimate of drug-likeness (QED) is 0.512. The molecule has 24 heavy (non-hydrogen) atoms. The van der Waals surface area contributed by atoms with Crippen LogP contribution in [0.25, 0.3) is 0 Å². The molecule has 1 aromatic carbocycles. The van der Waals surface area contributed by atoms with Gasteiger partial charge in [0.05, 0.1) is 11.0 Å².